The lowest BCUT2D eigenvalue weighted by Gasteiger charge is -2.13. The summed E-state index contributed by atoms with van der Waals surface area (Å²) in [5.41, 5.74) is 2.23. The molecular weight excluding hydrogens is 285 g/mol. The summed E-state index contributed by atoms with van der Waals surface area (Å²) in [6.07, 6.45) is 3.74. The number of aryl methyl sites for hydroxylation is 1. The first kappa shape index (κ1) is 14.7. The van der Waals surface area contributed by atoms with E-state index in [1.165, 1.54) is 12.1 Å². The molecule has 0 bridgehead atoms. The van der Waals surface area contributed by atoms with Gasteiger partial charge in [0.25, 0.3) is 0 Å². The molecule has 1 atom stereocenters. The Bertz CT molecular complexity index is 694. The second kappa shape index (κ2) is 5.88. The molecule has 1 saturated carbocycles. The summed E-state index contributed by atoms with van der Waals surface area (Å²) < 4.78 is 15.1. The molecule has 3 rings (SSSR count). The monoisotopic (exact) mass is 303 g/mol. The third-order valence-corrected chi connectivity index (χ3v) is 3.87. The van der Waals surface area contributed by atoms with Crippen LogP contribution in [0.4, 0.5) is 4.39 Å². The number of hydrogen-bond acceptors (Lipinski definition) is 3. The van der Waals surface area contributed by atoms with Crippen LogP contribution in [0.3, 0.4) is 0 Å². The molecule has 0 radical (unpaired) electrons. The van der Waals surface area contributed by atoms with Crippen LogP contribution in [0.2, 0.25) is 0 Å². The molecule has 1 aliphatic carbocycles. The lowest BCUT2D eigenvalue weighted by Crippen LogP contribution is -2.38. The van der Waals surface area contributed by atoms with E-state index in [0.29, 0.717) is 17.8 Å². The first-order valence-electron chi connectivity index (χ1n) is 7.29. The zero-order valence-corrected chi connectivity index (χ0v) is 12.3. The number of carboxylic acid groups (broad SMARTS) is 1. The molecule has 0 amide bonds. The summed E-state index contributed by atoms with van der Waals surface area (Å²) in [6.45, 7) is 0.396. The second-order valence-electron chi connectivity index (χ2n) is 5.72. The summed E-state index contributed by atoms with van der Waals surface area (Å²) in [5.74, 6) is -0.922. The molecule has 22 heavy (non-hydrogen) atoms. The molecule has 0 saturated heterocycles. The number of aromatic nitrogens is 2. The number of nitrogens with zero attached hydrogens (tertiary/aromatic N) is 2. The van der Waals surface area contributed by atoms with Crippen molar-refractivity contribution in [3.63, 3.8) is 0 Å². The van der Waals surface area contributed by atoms with Crippen molar-refractivity contribution in [3.05, 3.63) is 41.8 Å². The van der Waals surface area contributed by atoms with Crippen LogP contribution in [0.25, 0.3) is 11.3 Å². The molecule has 0 spiro atoms. The minimum Gasteiger partial charge on any atom is -0.480 e. The van der Waals surface area contributed by atoms with Gasteiger partial charge < -0.3 is 5.11 Å². The highest BCUT2D eigenvalue weighted by atomic mass is 19.1. The fourth-order valence-electron chi connectivity index (χ4n) is 2.65. The van der Waals surface area contributed by atoms with Gasteiger partial charge >= 0.3 is 5.97 Å². The first-order valence-corrected chi connectivity index (χ1v) is 7.29. The van der Waals surface area contributed by atoms with Gasteiger partial charge in [0.1, 0.15) is 11.9 Å². The van der Waals surface area contributed by atoms with E-state index in [9.17, 15) is 14.3 Å². The molecule has 2 N–H and O–H groups in total. The molecule has 1 heterocycles. The van der Waals surface area contributed by atoms with E-state index in [0.717, 1.165) is 18.4 Å². The maximum absolute atomic E-state index is 13.4. The van der Waals surface area contributed by atoms with Crippen molar-refractivity contribution >= 4 is 5.97 Å². The van der Waals surface area contributed by atoms with Crippen molar-refractivity contribution in [3.8, 4) is 11.3 Å². The Balaban J connectivity index is 1.80. The molecule has 6 heteroatoms. The number of halogens is 1. The SMILES string of the molecule is Cn1cc(CNC(C(=O)O)C2CC2)c(-c2cccc(F)c2)n1. The molecule has 2 aromatic rings. The van der Waals surface area contributed by atoms with E-state index in [2.05, 4.69) is 10.4 Å². The number of nitrogens with one attached hydrogen (secondary N) is 1. The Labute approximate surface area is 127 Å². The van der Waals surface area contributed by atoms with Gasteiger partial charge in [-0.25, -0.2) is 4.39 Å². The van der Waals surface area contributed by atoms with Crippen LogP contribution in [0.1, 0.15) is 18.4 Å². The lowest BCUT2D eigenvalue weighted by molar-refractivity contribution is -0.140. The summed E-state index contributed by atoms with van der Waals surface area (Å²) in [7, 11) is 1.79. The summed E-state index contributed by atoms with van der Waals surface area (Å²) in [5, 5.41) is 16.7. The van der Waals surface area contributed by atoms with E-state index in [4.69, 9.17) is 0 Å². The zero-order chi connectivity index (χ0) is 15.7. The van der Waals surface area contributed by atoms with Gasteiger partial charge in [-0.3, -0.25) is 14.8 Å². The predicted octanol–water partition coefficient (Wildman–Crippen LogP) is 2.18. The number of carboxylic acids is 1. The van der Waals surface area contributed by atoms with Crippen molar-refractivity contribution in [1.82, 2.24) is 15.1 Å². The van der Waals surface area contributed by atoms with Crippen LogP contribution in [0, 0.1) is 11.7 Å². The van der Waals surface area contributed by atoms with Gasteiger partial charge in [-0.1, -0.05) is 12.1 Å². The molecule has 0 aliphatic heterocycles. The Morgan fingerprint density at radius 1 is 1.55 bits per heavy atom. The van der Waals surface area contributed by atoms with Crippen molar-refractivity contribution < 1.29 is 14.3 Å². The van der Waals surface area contributed by atoms with Crippen molar-refractivity contribution in [2.75, 3.05) is 0 Å². The third-order valence-electron chi connectivity index (χ3n) is 3.87. The molecule has 1 unspecified atom stereocenters. The maximum atomic E-state index is 13.4. The van der Waals surface area contributed by atoms with Gasteiger partial charge in [0.2, 0.25) is 0 Å². The molecular formula is C16H18FN3O2. The minimum atomic E-state index is -0.821. The van der Waals surface area contributed by atoms with Crippen LogP contribution >= 0.6 is 0 Å². The van der Waals surface area contributed by atoms with Gasteiger partial charge in [-0.05, 0) is 30.9 Å². The summed E-state index contributed by atoms with van der Waals surface area (Å²) >= 11 is 0. The van der Waals surface area contributed by atoms with E-state index in [1.807, 2.05) is 6.20 Å². The smallest absolute Gasteiger partial charge is 0.320 e. The van der Waals surface area contributed by atoms with Crippen molar-refractivity contribution in [1.29, 1.82) is 0 Å². The highest BCUT2D eigenvalue weighted by molar-refractivity contribution is 5.74. The first-order chi connectivity index (χ1) is 10.5. The van der Waals surface area contributed by atoms with Crippen LogP contribution in [-0.4, -0.2) is 26.9 Å². The average Bonchev–Trinajstić information content (AvgIpc) is 3.22. The Morgan fingerprint density at radius 2 is 2.32 bits per heavy atom. The molecule has 1 fully saturated rings. The summed E-state index contributed by atoms with van der Waals surface area (Å²) in [6, 6.07) is 5.73. The molecule has 1 aliphatic rings. The molecule has 1 aromatic heterocycles. The third kappa shape index (κ3) is 3.17. The van der Waals surface area contributed by atoms with Crippen molar-refractivity contribution in [2.24, 2.45) is 13.0 Å². The topological polar surface area (TPSA) is 67.2 Å². The van der Waals surface area contributed by atoms with Gasteiger partial charge in [-0.15, -0.1) is 0 Å². The van der Waals surface area contributed by atoms with E-state index < -0.39 is 12.0 Å². The Morgan fingerprint density at radius 3 is 2.95 bits per heavy atom. The number of aliphatic carboxylic acids is 1. The minimum absolute atomic E-state index is 0.215. The van der Waals surface area contributed by atoms with Gasteiger partial charge in [0, 0.05) is 30.9 Å². The van der Waals surface area contributed by atoms with E-state index >= 15 is 0 Å². The lowest BCUT2D eigenvalue weighted by atomic mass is 10.1. The average molecular weight is 303 g/mol. The van der Waals surface area contributed by atoms with Crippen molar-refractivity contribution in [2.45, 2.75) is 25.4 Å². The fourth-order valence-corrected chi connectivity index (χ4v) is 2.65. The maximum Gasteiger partial charge on any atom is 0.320 e. The van der Waals surface area contributed by atoms with Crippen LogP contribution in [0.5, 0.6) is 0 Å². The second-order valence-corrected chi connectivity index (χ2v) is 5.72. The number of rotatable bonds is 6. The van der Waals surface area contributed by atoms with Crippen LogP contribution < -0.4 is 5.32 Å². The highest BCUT2D eigenvalue weighted by Crippen LogP contribution is 2.33. The molecule has 5 nitrogen and oxygen atoms in total. The Kier molecular flexibility index (Phi) is 3.94. The normalized spacial score (nSPS) is 15.7. The van der Waals surface area contributed by atoms with Gasteiger partial charge in [0.05, 0.1) is 5.69 Å². The molecule has 116 valence electrons. The van der Waals surface area contributed by atoms with Gasteiger partial charge in [-0.2, -0.15) is 5.10 Å². The van der Waals surface area contributed by atoms with Crippen LogP contribution in [-0.2, 0) is 18.4 Å². The Hall–Kier alpha value is -2.21. The zero-order valence-electron chi connectivity index (χ0n) is 12.3. The highest BCUT2D eigenvalue weighted by Gasteiger charge is 2.35. The number of benzene rings is 1. The standard InChI is InChI=1S/C16H18FN3O2/c1-20-9-12(8-18-15(16(21)22)10-5-6-10)14(19-20)11-3-2-4-13(17)7-11/h2-4,7,9-10,15,18H,5-6,8H2,1H3,(H,21,22). The van der Waals surface area contributed by atoms with Crippen LogP contribution in [0.15, 0.2) is 30.5 Å². The fraction of sp³-hybridized carbons (Fsp3) is 0.375. The quantitative estimate of drug-likeness (QED) is 0.858. The van der Waals surface area contributed by atoms with Gasteiger partial charge in [0.15, 0.2) is 0 Å². The predicted molar refractivity (Wildman–Crippen MR) is 79.6 cm³/mol. The van der Waals surface area contributed by atoms with E-state index in [-0.39, 0.29) is 11.7 Å². The molecule has 1 aromatic carbocycles. The number of hydrogen-bond donors (Lipinski definition) is 2. The number of carbonyl (C=O) groups is 1. The van der Waals surface area contributed by atoms with E-state index in [1.54, 1.807) is 23.9 Å². The largest absolute Gasteiger partial charge is 0.480 e. The summed E-state index contributed by atoms with van der Waals surface area (Å²) in [4.78, 5) is 11.3.